The van der Waals surface area contributed by atoms with Gasteiger partial charge in [-0.05, 0) is 23.5 Å². The molecule has 1 heterocycles. The number of aliphatic carboxylic acids is 1. The van der Waals surface area contributed by atoms with Gasteiger partial charge < -0.3 is 14.7 Å². The Labute approximate surface area is 124 Å². The van der Waals surface area contributed by atoms with Gasteiger partial charge in [0.25, 0.3) is 0 Å². The van der Waals surface area contributed by atoms with Gasteiger partial charge in [-0.3, -0.25) is 4.79 Å². The van der Waals surface area contributed by atoms with Crippen LogP contribution in [-0.2, 0) is 20.7 Å². The maximum Gasteiger partial charge on any atom is 0.335 e. The predicted octanol–water partition coefficient (Wildman–Crippen LogP) is 1.87. The molecule has 0 bridgehead atoms. The Kier molecular flexibility index (Phi) is 4.63. The van der Waals surface area contributed by atoms with Gasteiger partial charge in [-0.2, -0.15) is 0 Å². The average molecular weight is 291 g/mol. The molecule has 2 unspecified atom stereocenters. The van der Waals surface area contributed by atoms with Crippen molar-refractivity contribution in [3.63, 3.8) is 0 Å². The molecule has 2 rings (SSSR count). The zero-order valence-corrected chi connectivity index (χ0v) is 12.6. The molecule has 1 aromatic carbocycles. The maximum absolute atomic E-state index is 11.8. The van der Waals surface area contributed by atoms with E-state index in [-0.39, 0.29) is 12.5 Å². The normalized spacial score (nSPS) is 22.7. The molecule has 5 heteroatoms. The molecule has 21 heavy (non-hydrogen) atoms. The number of amides is 1. The van der Waals surface area contributed by atoms with Crippen LogP contribution in [0.4, 0.5) is 0 Å². The zero-order chi connectivity index (χ0) is 15.6. The summed E-state index contributed by atoms with van der Waals surface area (Å²) in [6.07, 6.45) is -0.0536. The standard InChI is InChI=1S/C16H21NO4/c1-10(2)8-11-4-6-12(7-5-11)14-15(16(19)20)21-9-13(18)17(14)3/h4-7,10,14-15H,8-9H2,1-3H3,(H,19,20). The van der Waals surface area contributed by atoms with Crippen molar-refractivity contribution in [2.75, 3.05) is 13.7 Å². The number of nitrogens with zero attached hydrogens (tertiary/aromatic N) is 1. The lowest BCUT2D eigenvalue weighted by molar-refractivity contribution is -0.171. The highest BCUT2D eigenvalue weighted by Crippen LogP contribution is 2.29. The van der Waals surface area contributed by atoms with E-state index < -0.39 is 18.1 Å². The third kappa shape index (κ3) is 3.42. The van der Waals surface area contributed by atoms with Crippen LogP contribution in [-0.4, -0.2) is 41.6 Å². The van der Waals surface area contributed by atoms with E-state index >= 15 is 0 Å². The molecule has 0 aromatic heterocycles. The average Bonchev–Trinajstić information content (AvgIpc) is 2.42. The fourth-order valence-corrected chi connectivity index (χ4v) is 2.64. The number of carbonyl (C=O) groups excluding carboxylic acids is 1. The summed E-state index contributed by atoms with van der Waals surface area (Å²) >= 11 is 0. The van der Waals surface area contributed by atoms with E-state index in [0.29, 0.717) is 5.92 Å². The van der Waals surface area contributed by atoms with Crippen molar-refractivity contribution < 1.29 is 19.4 Å². The summed E-state index contributed by atoms with van der Waals surface area (Å²) in [5.41, 5.74) is 1.98. The second kappa shape index (κ2) is 6.26. The molecule has 1 amide bonds. The number of carbonyl (C=O) groups is 2. The molecule has 1 fully saturated rings. The number of benzene rings is 1. The fraction of sp³-hybridized carbons (Fsp3) is 0.500. The highest BCUT2D eigenvalue weighted by Gasteiger charge is 2.39. The van der Waals surface area contributed by atoms with Crippen LogP contribution < -0.4 is 0 Å². The van der Waals surface area contributed by atoms with Gasteiger partial charge in [0.05, 0.1) is 6.04 Å². The van der Waals surface area contributed by atoms with E-state index in [1.165, 1.54) is 10.5 Å². The lowest BCUT2D eigenvalue weighted by atomic mass is 9.95. The molecule has 0 aliphatic carbocycles. The molecular weight excluding hydrogens is 270 g/mol. The molecule has 0 saturated carbocycles. The van der Waals surface area contributed by atoms with Crippen LogP contribution in [0.25, 0.3) is 0 Å². The van der Waals surface area contributed by atoms with Crippen molar-refractivity contribution in [1.29, 1.82) is 0 Å². The topological polar surface area (TPSA) is 66.8 Å². The largest absolute Gasteiger partial charge is 0.479 e. The highest BCUT2D eigenvalue weighted by atomic mass is 16.5. The van der Waals surface area contributed by atoms with E-state index in [1.54, 1.807) is 7.05 Å². The van der Waals surface area contributed by atoms with Crippen molar-refractivity contribution >= 4 is 11.9 Å². The van der Waals surface area contributed by atoms with E-state index in [9.17, 15) is 14.7 Å². The summed E-state index contributed by atoms with van der Waals surface area (Å²) in [5.74, 6) is -0.695. The molecule has 1 N–H and O–H groups in total. The first-order chi connectivity index (χ1) is 9.90. The first kappa shape index (κ1) is 15.5. The summed E-state index contributed by atoms with van der Waals surface area (Å²) in [6.45, 7) is 4.11. The Bertz CT molecular complexity index is 524. The molecule has 0 spiro atoms. The van der Waals surface area contributed by atoms with Crippen LogP contribution >= 0.6 is 0 Å². The van der Waals surface area contributed by atoms with E-state index in [1.807, 2.05) is 24.3 Å². The van der Waals surface area contributed by atoms with Crippen LogP contribution in [0.1, 0.15) is 31.0 Å². The second-order valence-electron chi connectivity index (χ2n) is 5.86. The van der Waals surface area contributed by atoms with Gasteiger partial charge in [0.2, 0.25) is 5.91 Å². The maximum atomic E-state index is 11.8. The minimum atomic E-state index is -1.05. The fourth-order valence-electron chi connectivity index (χ4n) is 2.64. The van der Waals surface area contributed by atoms with Crippen molar-refractivity contribution in [2.24, 2.45) is 5.92 Å². The van der Waals surface area contributed by atoms with Gasteiger partial charge in [-0.15, -0.1) is 0 Å². The SMILES string of the molecule is CC(C)Cc1ccc(C2C(C(=O)O)OCC(=O)N2C)cc1. The van der Waals surface area contributed by atoms with Crippen LogP contribution in [0.15, 0.2) is 24.3 Å². The van der Waals surface area contributed by atoms with Crippen LogP contribution in [0.3, 0.4) is 0 Å². The molecule has 0 radical (unpaired) electrons. The van der Waals surface area contributed by atoms with Gasteiger partial charge in [-0.25, -0.2) is 4.79 Å². The summed E-state index contributed by atoms with van der Waals surface area (Å²) in [5, 5.41) is 9.28. The number of hydrogen-bond acceptors (Lipinski definition) is 3. The summed E-state index contributed by atoms with van der Waals surface area (Å²) in [7, 11) is 1.62. The molecular formula is C16H21NO4. The smallest absolute Gasteiger partial charge is 0.335 e. The first-order valence-electron chi connectivity index (χ1n) is 7.09. The molecule has 1 aromatic rings. The number of ether oxygens (including phenoxy) is 1. The molecule has 1 aliphatic heterocycles. The summed E-state index contributed by atoms with van der Waals surface area (Å²) in [4.78, 5) is 24.6. The van der Waals surface area contributed by atoms with Crippen molar-refractivity contribution in [1.82, 2.24) is 4.90 Å². The van der Waals surface area contributed by atoms with Gasteiger partial charge in [0.1, 0.15) is 6.61 Å². The molecule has 2 atom stereocenters. The minimum absolute atomic E-state index is 0.185. The predicted molar refractivity (Wildman–Crippen MR) is 77.9 cm³/mol. The number of carboxylic acid groups (broad SMARTS) is 1. The van der Waals surface area contributed by atoms with Crippen molar-refractivity contribution in [3.05, 3.63) is 35.4 Å². The van der Waals surface area contributed by atoms with Crippen molar-refractivity contribution in [2.45, 2.75) is 32.4 Å². The number of hydrogen-bond donors (Lipinski definition) is 1. The van der Waals surface area contributed by atoms with Gasteiger partial charge in [-0.1, -0.05) is 38.1 Å². The Morgan fingerprint density at radius 2 is 2.00 bits per heavy atom. The Morgan fingerprint density at radius 1 is 1.38 bits per heavy atom. The minimum Gasteiger partial charge on any atom is -0.479 e. The quantitative estimate of drug-likeness (QED) is 0.919. The van der Waals surface area contributed by atoms with Crippen LogP contribution in [0, 0.1) is 5.92 Å². The molecule has 5 nitrogen and oxygen atoms in total. The number of morpholine rings is 1. The van der Waals surface area contributed by atoms with E-state index in [4.69, 9.17) is 4.74 Å². The molecule has 114 valence electrons. The Balaban J connectivity index is 2.27. The Morgan fingerprint density at radius 3 is 2.52 bits per heavy atom. The first-order valence-corrected chi connectivity index (χ1v) is 7.09. The Hall–Kier alpha value is -1.88. The molecule has 1 aliphatic rings. The van der Waals surface area contributed by atoms with E-state index in [2.05, 4.69) is 13.8 Å². The van der Waals surface area contributed by atoms with Gasteiger partial charge in [0, 0.05) is 7.05 Å². The molecule has 1 saturated heterocycles. The van der Waals surface area contributed by atoms with Crippen molar-refractivity contribution in [3.8, 4) is 0 Å². The number of likely N-dealkylation sites (N-methyl/N-ethyl adjacent to an activating group) is 1. The monoisotopic (exact) mass is 291 g/mol. The lowest BCUT2D eigenvalue weighted by Crippen LogP contribution is -2.50. The van der Waals surface area contributed by atoms with E-state index in [0.717, 1.165) is 12.0 Å². The second-order valence-corrected chi connectivity index (χ2v) is 5.86. The zero-order valence-electron chi connectivity index (χ0n) is 12.6. The third-order valence-corrected chi connectivity index (χ3v) is 3.69. The highest BCUT2D eigenvalue weighted by molar-refractivity contribution is 5.82. The van der Waals surface area contributed by atoms with Gasteiger partial charge >= 0.3 is 5.97 Å². The summed E-state index contributed by atoms with van der Waals surface area (Å²) < 4.78 is 5.19. The van der Waals surface area contributed by atoms with Crippen LogP contribution in [0.2, 0.25) is 0 Å². The summed E-state index contributed by atoms with van der Waals surface area (Å²) in [6, 6.07) is 7.16. The lowest BCUT2D eigenvalue weighted by Gasteiger charge is -2.37. The number of carboxylic acids is 1. The third-order valence-electron chi connectivity index (χ3n) is 3.69. The van der Waals surface area contributed by atoms with Gasteiger partial charge in [0.15, 0.2) is 6.10 Å². The number of rotatable bonds is 4. The van der Waals surface area contributed by atoms with Crippen LogP contribution in [0.5, 0.6) is 0 Å².